The van der Waals surface area contributed by atoms with Gasteiger partial charge in [-0.15, -0.1) is 0 Å². The Balaban J connectivity index is -0.000000180. The third-order valence-electron chi connectivity index (χ3n) is 1.14. The van der Waals surface area contributed by atoms with Gasteiger partial charge in [-0.25, -0.2) is 0 Å². The van der Waals surface area contributed by atoms with Crippen molar-refractivity contribution in [2.45, 2.75) is 12.8 Å². The zero-order valence-electron chi connectivity index (χ0n) is 10.2. The van der Waals surface area contributed by atoms with Crippen molar-refractivity contribution in [2.24, 2.45) is 0 Å². The normalized spacial score (nSPS) is 8.82. The van der Waals surface area contributed by atoms with Crippen molar-refractivity contribution >= 4 is 0 Å². The van der Waals surface area contributed by atoms with E-state index in [4.69, 9.17) is 30.6 Å². The summed E-state index contributed by atoms with van der Waals surface area (Å²) in [6, 6.07) is 0. The molecular weight excluding hydrogens is 232 g/mol. The van der Waals surface area contributed by atoms with Crippen molar-refractivity contribution in [3.8, 4) is 0 Å². The van der Waals surface area contributed by atoms with E-state index >= 15 is 0 Å². The summed E-state index contributed by atoms with van der Waals surface area (Å²) in [7, 11) is 0. The number of aliphatic hydroxyl groups is 6. The molecule has 0 aliphatic heterocycles. The quantitative estimate of drug-likeness (QED) is 0.270. The summed E-state index contributed by atoms with van der Waals surface area (Å²) in [6.45, 7) is 0.836. The fraction of sp³-hybridized carbons (Fsp3) is 1.00. The molecule has 0 aromatic heterocycles. The largest absolute Gasteiger partial charge is 0.396 e. The molecule has 0 amide bonds. The molecule has 0 saturated heterocycles. The molecule has 0 spiro atoms. The molecule has 0 bridgehead atoms. The maximum Gasteiger partial charge on any atom is 0.0698 e. The van der Waals surface area contributed by atoms with Gasteiger partial charge in [0.1, 0.15) is 0 Å². The number of aliphatic hydroxyl groups excluding tert-OH is 6. The van der Waals surface area contributed by atoms with Gasteiger partial charge in [0.2, 0.25) is 0 Å². The van der Waals surface area contributed by atoms with Gasteiger partial charge in [0.15, 0.2) is 0 Å². The second kappa shape index (κ2) is 29.6. The highest BCUT2D eigenvalue weighted by molar-refractivity contribution is 4.30. The number of ether oxygens (including phenoxy) is 1. The highest BCUT2D eigenvalue weighted by Crippen LogP contribution is 1.80. The average Bonchev–Trinajstić information content (AvgIpc) is 2.38. The van der Waals surface area contributed by atoms with E-state index in [1.165, 1.54) is 0 Å². The summed E-state index contributed by atoms with van der Waals surface area (Å²) in [5.74, 6) is 0. The molecule has 0 fully saturated rings. The monoisotopic (exact) mass is 258 g/mol. The highest BCUT2D eigenvalue weighted by Gasteiger charge is 1.79. The minimum Gasteiger partial charge on any atom is -0.396 e. The summed E-state index contributed by atoms with van der Waals surface area (Å²) in [5.41, 5.74) is 0. The first-order chi connectivity index (χ1) is 8.24. The van der Waals surface area contributed by atoms with Gasteiger partial charge in [-0.1, -0.05) is 0 Å². The Bertz CT molecular complexity index is 82.7. The second-order valence-corrected chi connectivity index (χ2v) is 2.66. The highest BCUT2D eigenvalue weighted by atomic mass is 16.5. The molecule has 0 heterocycles. The molecule has 7 nitrogen and oxygen atoms in total. The van der Waals surface area contributed by atoms with Crippen LogP contribution in [0.5, 0.6) is 0 Å². The molecule has 108 valence electrons. The molecule has 17 heavy (non-hydrogen) atoms. The second-order valence-electron chi connectivity index (χ2n) is 2.66. The predicted octanol–water partition coefficient (Wildman–Crippen LogP) is -2.29. The topological polar surface area (TPSA) is 131 Å². The van der Waals surface area contributed by atoms with Gasteiger partial charge in [0, 0.05) is 13.2 Å². The Morgan fingerprint density at radius 1 is 0.471 bits per heavy atom. The summed E-state index contributed by atoms with van der Waals surface area (Å²) >= 11 is 0. The van der Waals surface area contributed by atoms with E-state index in [1.807, 2.05) is 0 Å². The third-order valence-corrected chi connectivity index (χ3v) is 1.14. The van der Waals surface area contributed by atoms with Gasteiger partial charge in [-0.3, -0.25) is 0 Å². The lowest BCUT2D eigenvalue weighted by Gasteiger charge is -1.94. The molecule has 0 unspecified atom stereocenters. The van der Waals surface area contributed by atoms with Crippen LogP contribution in [0.25, 0.3) is 0 Å². The van der Waals surface area contributed by atoms with Crippen LogP contribution in [-0.2, 0) is 4.74 Å². The minimum absolute atomic E-state index is 0.0278. The van der Waals surface area contributed by atoms with Crippen LogP contribution in [0, 0.1) is 0 Å². The van der Waals surface area contributed by atoms with E-state index < -0.39 is 0 Å². The van der Waals surface area contributed by atoms with Crippen molar-refractivity contribution in [2.75, 3.05) is 52.9 Å². The predicted molar refractivity (Wildman–Crippen MR) is 62.6 cm³/mol. The first-order valence-electron chi connectivity index (χ1n) is 5.47. The zero-order chi connectivity index (χ0) is 13.8. The Morgan fingerprint density at radius 3 is 1.00 bits per heavy atom. The van der Waals surface area contributed by atoms with Crippen LogP contribution in [0.15, 0.2) is 0 Å². The Labute approximate surface area is 102 Å². The lowest BCUT2D eigenvalue weighted by molar-refractivity contribution is 0.0650. The van der Waals surface area contributed by atoms with Crippen molar-refractivity contribution in [1.29, 1.82) is 0 Å². The van der Waals surface area contributed by atoms with Crippen molar-refractivity contribution < 1.29 is 35.4 Å². The van der Waals surface area contributed by atoms with Crippen molar-refractivity contribution in [3.63, 3.8) is 0 Å². The Hall–Kier alpha value is -0.280. The fourth-order valence-corrected chi connectivity index (χ4v) is 0.455. The molecule has 0 atom stereocenters. The molecule has 0 aromatic rings. The van der Waals surface area contributed by atoms with Gasteiger partial charge in [0.05, 0.1) is 39.6 Å². The Morgan fingerprint density at radius 2 is 0.824 bits per heavy atom. The summed E-state index contributed by atoms with van der Waals surface area (Å²) in [6.07, 6.45) is 1.44. The molecule has 0 saturated carbocycles. The number of hydrogen-bond acceptors (Lipinski definition) is 7. The van der Waals surface area contributed by atoms with Gasteiger partial charge in [-0.2, -0.15) is 0 Å². The van der Waals surface area contributed by atoms with E-state index in [0.29, 0.717) is 13.2 Å². The van der Waals surface area contributed by atoms with Gasteiger partial charge < -0.3 is 35.4 Å². The maximum atomic E-state index is 8.09. The molecular formula is C10H26O7. The molecule has 0 aliphatic rings. The van der Waals surface area contributed by atoms with Gasteiger partial charge >= 0.3 is 0 Å². The first kappa shape index (κ1) is 21.9. The van der Waals surface area contributed by atoms with Gasteiger partial charge in [0.25, 0.3) is 0 Å². The smallest absolute Gasteiger partial charge is 0.0698 e. The molecule has 6 N–H and O–H groups in total. The average molecular weight is 258 g/mol. The van der Waals surface area contributed by atoms with Crippen LogP contribution in [0.2, 0.25) is 0 Å². The number of hydrogen-bond donors (Lipinski definition) is 6. The van der Waals surface area contributed by atoms with Crippen molar-refractivity contribution in [1.82, 2.24) is 0 Å². The molecule has 0 aliphatic carbocycles. The Kier molecular flexibility index (Phi) is 38.3. The van der Waals surface area contributed by atoms with E-state index in [0.717, 1.165) is 12.8 Å². The molecule has 7 heteroatoms. The lowest BCUT2D eigenvalue weighted by atomic mass is 10.3. The van der Waals surface area contributed by atoms with Crippen LogP contribution in [0.1, 0.15) is 12.8 Å². The van der Waals surface area contributed by atoms with Crippen LogP contribution in [0.3, 0.4) is 0 Å². The molecule has 0 aromatic carbocycles. The molecule has 0 radical (unpaired) electrons. The SMILES string of the molecule is OCCCCO.OCCO.OCCOCCO. The van der Waals surface area contributed by atoms with Crippen molar-refractivity contribution in [3.05, 3.63) is 0 Å². The number of rotatable bonds is 8. The number of unbranched alkanes of at least 4 members (excludes halogenated alkanes) is 1. The summed E-state index contributed by atoms with van der Waals surface area (Å²) in [5, 5.41) is 47.6. The fourth-order valence-electron chi connectivity index (χ4n) is 0.455. The maximum absolute atomic E-state index is 8.09. The van der Waals surface area contributed by atoms with E-state index in [2.05, 4.69) is 4.74 Å². The van der Waals surface area contributed by atoms with E-state index in [9.17, 15) is 0 Å². The van der Waals surface area contributed by atoms with Gasteiger partial charge in [-0.05, 0) is 12.8 Å². The van der Waals surface area contributed by atoms with E-state index in [1.54, 1.807) is 0 Å². The minimum atomic E-state index is -0.125. The zero-order valence-corrected chi connectivity index (χ0v) is 10.2. The van der Waals surface area contributed by atoms with Crippen LogP contribution in [0.4, 0.5) is 0 Å². The standard InChI is InChI=1S/C4H10O3.C4H10O2.C2H6O2/c5-1-3-7-4-2-6;5-3-1-2-4-6;3-1-2-4/h5-6H,1-4H2;5-6H,1-4H2;3-4H,1-2H2. The van der Waals surface area contributed by atoms with Crippen LogP contribution >= 0.6 is 0 Å². The van der Waals surface area contributed by atoms with Crippen LogP contribution < -0.4 is 0 Å². The molecule has 0 rings (SSSR count). The first-order valence-corrected chi connectivity index (χ1v) is 5.47. The van der Waals surface area contributed by atoms with Crippen LogP contribution in [-0.4, -0.2) is 83.5 Å². The summed E-state index contributed by atoms with van der Waals surface area (Å²) in [4.78, 5) is 0. The lowest BCUT2D eigenvalue weighted by Crippen LogP contribution is -2.03. The summed E-state index contributed by atoms with van der Waals surface area (Å²) < 4.78 is 4.63. The van der Waals surface area contributed by atoms with E-state index in [-0.39, 0.29) is 39.6 Å². The third kappa shape index (κ3) is 49.7.